The third-order valence-corrected chi connectivity index (χ3v) is 2.43. The molecule has 6 heteroatoms. The van der Waals surface area contributed by atoms with Crippen molar-refractivity contribution in [3.8, 4) is 0 Å². The lowest BCUT2D eigenvalue weighted by Crippen LogP contribution is -2.61. The number of piperazine rings is 1. The fraction of sp³-hybridized carbons (Fsp3) is 0.700. The second kappa shape index (κ2) is 5.48. The highest BCUT2D eigenvalue weighted by Crippen LogP contribution is 2.08. The van der Waals surface area contributed by atoms with Crippen molar-refractivity contribution in [3.05, 3.63) is 0 Å². The molecule has 0 aromatic rings. The second-order valence-electron chi connectivity index (χ2n) is 3.70. The number of aliphatic imine (C=N–C) groups is 1. The van der Waals surface area contributed by atoms with Crippen LogP contribution in [0.2, 0.25) is 0 Å². The molecular weight excluding hydrogens is 208 g/mol. The van der Waals surface area contributed by atoms with Gasteiger partial charge < -0.3 is 10.6 Å². The van der Waals surface area contributed by atoms with Crippen molar-refractivity contribution < 1.29 is 9.59 Å². The van der Waals surface area contributed by atoms with Gasteiger partial charge in [-0.15, -0.1) is 0 Å². The normalized spacial score (nSPS) is 22.2. The first kappa shape index (κ1) is 12.5. The number of hydrogen-bond acceptors (Lipinski definition) is 3. The van der Waals surface area contributed by atoms with E-state index < -0.39 is 6.04 Å². The number of nitrogens with one attached hydrogen (secondary N) is 1. The summed E-state index contributed by atoms with van der Waals surface area (Å²) < 4.78 is 0. The number of guanidine groups is 1. The number of imide groups is 1. The Kier molecular flexibility index (Phi) is 4.28. The fourth-order valence-corrected chi connectivity index (χ4v) is 1.63. The van der Waals surface area contributed by atoms with E-state index in [4.69, 9.17) is 5.73 Å². The van der Waals surface area contributed by atoms with Crippen molar-refractivity contribution in [1.82, 2.24) is 10.2 Å². The van der Waals surface area contributed by atoms with Gasteiger partial charge in [0.2, 0.25) is 11.8 Å². The summed E-state index contributed by atoms with van der Waals surface area (Å²) in [5, 5.41) is 2.29. The van der Waals surface area contributed by atoms with Crippen LogP contribution in [0.1, 0.15) is 26.7 Å². The Bertz CT molecular complexity index is 314. The van der Waals surface area contributed by atoms with E-state index in [-0.39, 0.29) is 24.3 Å². The molecule has 1 fully saturated rings. The van der Waals surface area contributed by atoms with Crippen molar-refractivity contribution in [1.29, 1.82) is 0 Å². The maximum Gasteiger partial charge on any atom is 0.249 e. The lowest BCUT2D eigenvalue weighted by molar-refractivity contribution is -0.137. The van der Waals surface area contributed by atoms with Gasteiger partial charge in [-0.25, -0.2) is 0 Å². The molecule has 90 valence electrons. The highest BCUT2D eigenvalue weighted by molar-refractivity contribution is 6.04. The number of carbonyl (C=O) groups excluding carboxylic acids is 2. The van der Waals surface area contributed by atoms with Crippen molar-refractivity contribution in [2.45, 2.75) is 32.7 Å². The second-order valence-corrected chi connectivity index (χ2v) is 3.70. The number of nitrogens with zero attached hydrogens (tertiary/aromatic N) is 2. The SMILES string of the molecule is CCCN=C(N)N1CC(=O)NC(=O)C1CC. The highest BCUT2D eigenvalue weighted by Gasteiger charge is 2.33. The Labute approximate surface area is 94.9 Å². The molecule has 6 nitrogen and oxygen atoms in total. The van der Waals surface area contributed by atoms with Gasteiger partial charge in [-0.2, -0.15) is 0 Å². The zero-order valence-electron chi connectivity index (χ0n) is 9.69. The first-order valence-electron chi connectivity index (χ1n) is 5.50. The van der Waals surface area contributed by atoms with Crippen molar-refractivity contribution in [2.75, 3.05) is 13.1 Å². The summed E-state index contributed by atoms with van der Waals surface area (Å²) in [5.74, 6) is -0.352. The molecule has 1 saturated heterocycles. The predicted molar refractivity (Wildman–Crippen MR) is 60.7 cm³/mol. The lowest BCUT2D eigenvalue weighted by atomic mass is 10.1. The molecule has 0 bridgehead atoms. The largest absolute Gasteiger partial charge is 0.370 e. The van der Waals surface area contributed by atoms with Gasteiger partial charge >= 0.3 is 0 Å². The Morgan fingerprint density at radius 1 is 1.56 bits per heavy atom. The third kappa shape index (κ3) is 2.71. The molecule has 0 spiro atoms. The van der Waals surface area contributed by atoms with Crippen molar-refractivity contribution >= 4 is 17.8 Å². The molecule has 1 aliphatic rings. The van der Waals surface area contributed by atoms with E-state index >= 15 is 0 Å². The first-order chi connectivity index (χ1) is 7.60. The molecule has 1 atom stereocenters. The van der Waals surface area contributed by atoms with Crippen LogP contribution < -0.4 is 11.1 Å². The van der Waals surface area contributed by atoms with Gasteiger partial charge in [0.05, 0.1) is 0 Å². The smallest absolute Gasteiger partial charge is 0.249 e. The van der Waals surface area contributed by atoms with E-state index in [2.05, 4.69) is 10.3 Å². The van der Waals surface area contributed by atoms with E-state index in [0.717, 1.165) is 6.42 Å². The molecule has 1 rings (SSSR count). The maximum atomic E-state index is 11.5. The van der Waals surface area contributed by atoms with Gasteiger partial charge in [0.1, 0.15) is 12.6 Å². The number of rotatable bonds is 3. The topological polar surface area (TPSA) is 87.8 Å². The fourth-order valence-electron chi connectivity index (χ4n) is 1.63. The number of amides is 2. The minimum absolute atomic E-state index is 0.100. The maximum absolute atomic E-state index is 11.5. The molecule has 1 heterocycles. The van der Waals surface area contributed by atoms with Gasteiger partial charge in [-0.05, 0) is 12.8 Å². The van der Waals surface area contributed by atoms with Crippen LogP contribution in [0.15, 0.2) is 4.99 Å². The van der Waals surface area contributed by atoms with E-state index in [0.29, 0.717) is 13.0 Å². The van der Waals surface area contributed by atoms with Crippen LogP contribution >= 0.6 is 0 Å². The predicted octanol–water partition coefficient (Wildman–Crippen LogP) is -0.552. The molecule has 2 amide bonds. The van der Waals surface area contributed by atoms with Crippen LogP contribution in [0.3, 0.4) is 0 Å². The van der Waals surface area contributed by atoms with Gasteiger partial charge in [0.25, 0.3) is 0 Å². The summed E-state index contributed by atoms with van der Waals surface area (Å²) >= 11 is 0. The molecule has 0 aromatic heterocycles. The van der Waals surface area contributed by atoms with Crippen LogP contribution in [-0.2, 0) is 9.59 Å². The Balaban J connectivity index is 2.81. The Morgan fingerprint density at radius 3 is 2.81 bits per heavy atom. The number of nitrogens with two attached hydrogens (primary N) is 1. The summed E-state index contributed by atoms with van der Waals surface area (Å²) in [4.78, 5) is 28.5. The average molecular weight is 226 g/mol. The minimum atomic E-state index is -0.390. The molecule has 0 saturated carbocycles. The summed E-state index contributed by atoms with van der Waals surface area (Å²) in [6.07, 6.45) is 1.48. The van der Waals surface area contributed by atoms with Crippen molar-refractivity contribution in [2.24, 2.45) is 10.7 Å². The average Bonchev–Trinajstić information content (AvgIpc) is 2.24. The van der Waals surface area contributed by atoms with Crippen molar-refractivity contribution in [3.63, 3.8) is 0 Å². The van der Waals surface area contributed by atoms with Gasteiger partial charge in [-0.3, -0.25) is 19.9 Å². The zero-order chi connectivity index (χ0) is 12.1. The standard InChI is InChI=1S/C10H18N4O2/c1-3-5-12-10(11)14-6-8(15)13-9(16)7(14)4-2/h7H,3-6H2,1-2H3,(H2,11,12)(H,13,15,16). The number of hydrogen-bond donors (Lipinski definition) is 2. The number of carbonyl (C=O) groups is 2. The van der Waals surface area contributed by atoms with Crippen LogP contribution in [0.25, 0.3) is 0 Å². The first-order valence-corrected chi connectivity index (χ1v) is 5.50. The van der Waals surface area contributed by atoms with Crippen LogP contribution in [0.5, 0.6) is 0 Å². The molecule has 0 aromatic carbocycles. The molecule has 3 N–H and O–H groups in total. The summed E-state index contributed by atoms with van der Waals surface area (Å²) in [6.45, 7) is 4.57. The monoisotopic (exact) mass is 226 g/mol. The van der Waals surface area contributed by atoms with E-state index in [1.165, 1.54) is 0 Å². The van der Waals surface area contributed by atoms with Crippen LogP contribution in [0.4, 0.5) is 0 Å². The Hall–Kier alpha value is -1.59. The summed E-state index contributed by atoms with van der Waals surface area (Å²) in [6, 6.07) is -0.390. The van der Waals surface area contributed by atoms with Gasteiger partial charge in [-0.1, -0.05) is 13.8 Å². The van der Waals surface area contributed by atoms with Crippen LogP contribution in [0, 0.1) is 0 Å². The molecule has 16 heavy (non-hydrogen) atoms. The lowest BCUT2D eigenvalue weighted by Gasteiger charge is -2.34. The van der Waals surface area contributed by atoms with E-state index in [9.17, 15) is 9.59 Å². The van der Waals surface area contributed by atoms with Crippen LogP contribution in [-0.4, -0.2) is 41.8 Å². The quantitative estimate of drug-likeness (QED) is 0.384. The van der Waals surface area contributed by atoms with Gasteiger partial charge in [0, 0.05) is 6.54 Å². The highest BCUT2D eigenvalue weighted by atomic mass is 16.2. The Morgan fingerprint density at radius 2 is 2.25 bits per heavy atom. The molecule has 1 aliphatic heterocycles. The minimum Gasteiger partial charge on any atom is -0.370 e. The molecular formula is C10H18N4O2. The zero-order valence-corrected chi connectivity index (χ0v) is 9.69. The van der Waals surface area contributed by atoms with E-state index in [1.54, 1.807) is 4.90 Å². The summed E-state index contributed by atoms with van der Waals surface area (Å²) in [7, 11) is 0. The summed E-state index contributed by atoms with van der Waals surface area (Å²) in [5.41, 5.74) is 5.77. The molecule has 1 unspecified atom stereocenters. The van der Waals surface area contributed by atoms with E-state index in [1.807, 2.05) is 13.8 Å². The molecule has 0 aliphatic carbocycles. The van der Waals surface area contributed by atoms with Gasteiger partial charge in [0.15, 0.2) is 5.96 Å². The molecule has 0 radical (unpaired) electrons. The third-order valence-electron chi connectivity index (χ3n) is 2.43.